The molecule has 3 nitrogen and oxygen atoms in total. The van der Waals surface area contributed by atoms with E-state index in [1.165, 1.54) is 16.7 Å². The fourth-order valence-electron chi connectivity index (χ4n) is 1.96. The molecule has 84 valence electrons. The molecule has 0 fully saturated rings. The Morgan fingerprint density at radius 3 is 2.69 bits per heavy atom. The molecule has 3 heteroatoms. The number of aryl methyl sites for hydroxylation is 3. The molecule has 0 radical (unpaired) electrons. The van der Waals surface area contributed by atoms with Crippen molar-refractivity contribution in [1.29, 1.82) is 0 Å². The predicted molar refractivity (Wildman–Crippen MR) is 67.2 cm³/mol. The predicted octanol–water partition coefficient (Wildman–Crippen LogP) is 2.54. The summed E-state index contributed by atoms with van der Waals surface area (Å²) in [6.07, 6.45) is 3.00. The number of nitrogen functional groups attached to an aromatic ring is 1. The summed E-state index contributed by atoms with van der Waals surface area (Å²) in [5.41, 5.74) is 11.4. The normalized spacial score (nSPS) is 10.7. The van der Waals surface area contributed by atoms with Crippen LogP contribution in [0.25, 0.3) is 11.1 Å². The maximum Gasteiger partial charge on any atom is 0.0671 e. The third-order valence-corrected chi connectivity index (χ3v) is 2.85. The van der Waals surface area contributed by atoms with Crippen LogP contribution in [0.2, 0.25) is 0 Å². The minimum atomic E-state index is 0.868. The van der Waals surface area contributed by atoms with E-state index in [0.717, 1.165) is 17.8 Å². The standard InChI is InChI=1S/C13H17N3/c1-4-10-7-11(5-6-13(10)14)12-8-16(3)15-9(12)2/h5-8H,4,14H2,1-3H3. The minimum absolute atomic E-state index is 0.868. The summed E-state index contributed by atoms with van der Waals surface area (Å²) >= 11 is 0. The average Bonchev–Trinajstić information content (AvgIpc) is 2.59. The van der Waals surface area contributed by atoms with Crippen LogP contribution in [0.4, 0.5) is 5.69 Å². The Morgan fingerprint density at radius 2 is 2.12 bits per heavy atom. The number of hydrogen-bond donors (Lipinski definition) is 1. The van der Waals surface area contributed by atoms with Gasteiger partial charge < -0.3 is 5.73 Å². The number of nitrogens with zero attached hydrogens (tertiary/aromatic N) is 2. The lowest BCUT2D eigenvalue weighted by Crippen LogP contribution is -1.93. The van der Waals surface area contributed by atoms with E-state index >= 15 is 0 Å². The zero-order valence-corrected chi connectivity index (χ0v) is 9.99. The van der Waals surface area contributed by atoms with Crippen molar-refractivity contribution in [3.8, 4) is 11.1 Å². The van der Waals surface area contributed by atoms with Crippen molar-refractivity contribution in [2.75, 3.05) is 5.73 Å². The lowest BCUT2D eigenvalue weighted by molar-refractivity contribution is 0.756. The topological polar surface area (TPSA) is 43.8 Å². The maximum atomic E-state index is 5.90. The number of anilines is 1. The van der Waals surface area contributed by atoms with Gasteiger partial charge in [0.1, 0.15) is 0 Å². The van der Waals surface area contributed by atoms with Crippen LogP contribution in [0, 0.1) is 6.92 Å². The van der Waals surface area contributed by atoms with Gasteiger partial charge in [-0.15, -0.1) is 0 Å². The lowest BCUT2D eigenvalue weighted by Gasteiger charge is -2.06. The molecule has 1 aromatic heterocycles. The molecule has 0 unspecified atom stereocenters. The summed E-state index contributed by atoms with van der Waals surface area (Å²) in [5.74, 6) is 0. The summed E-state index contributed by atoms with van der Waals surface area (Å²) < 4.78 is 1.84. The summed E-state index contributed by atoms with van der Waals surface area (Å²) in [5, 5.41) is 4.35. The van der Waals surface area contributed by atoms with Crippen molar-refractivity contribution >= 4 is 5.69 Å². The second-order valence-corrected chi connectivity index (χ2v) is 4.07. The summed E-state index contributed by atoms with van der Waals surface area (Å²) in [6.45, 7) is 4.14. The van der Waals surface area contributed by atoms with Crippen LogP contribution in [-0.4, -0.2) is 9.78 Å². The van der Waals surface area contributed by atoms with Crippen molar-refractivity contribution in [3.05, 3.63) is 35.7 Å². The van der Waals surface area contributed by atoms with Crippen LogP contribution in [0.15, 0.2) is 24.4 Å². The highest BCUT2D eigenvalue weighted by Gasteiger charge is 2.07. The molecule has 0 aliphatic carbocycles. The molecule has 16 heavy (non-hydrogen) atoms. The third kappa shape index (κ3) is 1.81. The van der Waals surface area contributed by atoms with Crippen LogP contribution in [0.1, 0.15) is 18.2 Å². The zero-order chi connectivity index (χ0) is 11.7. The van der Waals surface area contributed by atoms with Gasteiger partial charge in [0.05, 0.1) is 5.69 Å². The fourth-order valence-corrected chi connectivity index (χ4v) is 1.96. The number of hydrogen-bond acceptors (Lipinski definition) is 2. The van der Waals surface area contributed by atoms with Gasteiger partial charge in [-0.3, -0.25) is 4.68 Å². The first-order chi connectivity index (χ1) is 7.61. The highest BCUT2D eigenvalue weighted by molar-refractivity contribution is 5.69. The monoisotopic (exact) mass is 215 g/mol. The van der Waals surface area contributed by atoms with Crippen molar-refractivity contribution in [2.45, 2.75) is 20.3 Å². The molecular weight excluding hydrogens is 198 g/mol. The Bertz CT molecular complexity index is 512. The van der Waals surface area contributed by atoms with Gasteiger partial charge >= 0.3 is 0 Å². The quantitative estimate of drug-likeness (QED) is 0.782. The van der Waals surface area contributed by atoms with E-state index < -0.39 is 0 Å². The van der Waals surface area contributed by atoms with E-state index in [-0.39, 0.29) is 0 Å². The van der Waals surface area contributed by atoms with Crippen LogP contribution in [0.3, 0.4) is 0 Å². The summed E-state index contributed by atoms with van der Waals surface area (Å²) in [6, 6.07) is 6.18. The number of rotatable bonds is 2. The van der Waals surface area contributed by atoms with Gasteiger partial charge in [0, 0.05) is 24.5 Å². The molecule has 2 aromatic rings. The molecule has 2 N–H and O–H groups in total. The van der Waals surface area contributed by atoms with Crippen molar-refractivity contribution < 1.29 is 0 Å². The second kappa shape index (κ2) is 4.00. The number of nitrogens with two attached hydrogens (primary N) is 1. The molecule has 0 aliphatic heterocycles. The highest BCUT2D eigenvalue weighted by atomic mass is 15.2. The summed E-state index contributed by atoms with van der Waals surface area (Å²) in [7, 11) is 1.94. The van der Waals surface area contributed by atoms with Crippen LogP contribution >= 0.6 is 0 Å². The van der Waals surface area contributed by atoms with Crippen LogP contribution < -0.4 is 5.73 Å². The molecule has 0 bridgehead atoms. The molecule has 0 spiro atoms. The van der Waals surface area contributed by atoms with Gasteiger partial charge in [0.15, 0.2) is 0 Å². The van der Waals surface area contributed by atoms with Gasteiger partial charge in [-0.25, -0.2) is 0 Å². The number of benzene rings is 1. The van der Waals surface area contributed by atoms with E-state index in [1.807, 2.05) is 30.9 Å². The molecule has 0 aliphatic rings. The van der Waals surface area contributed by atoms with E-state index in [2.05, 4.69) is 24.2 Å². The largest absolute Gasteiger partial charge is 0.399 e. The van der Waals surface area contributed by atoms with Gasteiger partial charge in [0.2, 0.25) is 0 Å². The van der Waals surface area contributed by atoms with Crippen molar-refractivity contribution in [2.24, 2.45) is 7.05 Å². The summed E-state index contributed by atoms with van der Waals surface area (Å²) in [4.78, 5) is 0. The molecule has 2 rings (SSSR count). The van der Waals surface area contributed by atoms with E-state index in [9.17, 15) is 0 Å². The Morgan fingerprint density at radius 1 is 1.38 bits per heavy atom. The maximum absolute atomic E-state index is 5.90. The highest BCUT2D eigenvalue weighted by Crippen LogP contribution is 2.26. The molecule has 0 saturated carbocycles. The first-order valence-corrected chi connectivity index (χ1v) is 5.51. The van der Waals surface area contributed by atoms with Crippen LogP contribution in [0.5, 0.6) is 0 Å². The third-order valence-electron chi connectivity index (χ3n) is 2.85. The first-order valence-electron chi connectivity index (χ1n) is 5.51. The second-order valence-electron chi connectivity index (χ2n) is 4.07. The Labute approximate surface area is 95.9 Å². The molecule has 0 atom stereocenters. The lowest BCUT2D eigenvalue weighted by atomic mass is 10.0. The van der Waals surface area contributed by atoms with E-state index in [0.29, 0.717) is 0 Å². The molecule has 0 amide bonds. The van der Waals surface area contributed by atoms with Gasteiger partial charge in [-0.1, -0.05) is 13.0 Å². The Balaban J connectivity index is 2.52. The molecular formula is C13H17N3. The van der Waals surface area contributed by atoms with Crippen molar-refractivity contribution in [1.82, 2.24) is 9.78 Å². The van der Waals surface area contributed by atoms with Gasteiger partial charge in [0.25, 0.3) is 0 Å². The minimum Gasteiger partial charge on any atom is -0.399 e. The van der Waals surface area contributed by atoms with Gasteiger partial charge in [-0.05, 0) is 36.6 Å². The first kappa shape index (κ1) is 10.7. The molecule has 1 aromatic carbocycles. The fraction of sp³-hybridized carbons (Fsp3) is 0.308. The smallest absolute Gasteiger partial charge is 0.0671 e. The molecule has 1 heterocycles. The zero-order valence-electron chi connectivity index (χ0n) is 9.99. The average molecular weight is 215 g/mol. The number of aromatic nitrogens is 2. The van der Waals surface area contributed by atoms with Crippen molar-refractivity contribution in [3.63, 3.8) is 0 Å². The SMILES string of the molecule is CCc1cc(-c2cn(C)nc2C)ccc1N. The Hall–Kier alpha value is -1.77. The Kier molecular flexibility index (Phi) is 2.69. The van der Waals surface area contributed by atoms with Gasteiger partial charge in [-0.2, -0.15) is 5.10 Å². The van der Waals surface area contributed by atoms with E-state index in [1.54, 1.807) is 0 Å². The molecule has 0 saturated heterocycles. The van der Waals surface area contributed by atoms with E-state index in [4.69, 9.17) is 5.73 Å². The van der Waals surface area contributed by atoms with Crippen LogP contribution in [-0.2, 0) is 13.5 Å².